The maximum Gasteiger partial charge on any atom is 0.318 e. The molecule has 1 heterocycles. The number of amides is 3. The quantitative estimate of drug-likeness (QED) is 0.659. The molecule has 1 aromatic carbocycles. The fraction of sp³-hybridized carbons (Fsp3) is 0.429. The minimum atomic E-state index is -0.723. The lowest BCUT2D eigenvalue weighted by atomic mass is 9.85. The van der Waals surface area contributed by atoms with Gasteiger partial charge >= 0.3 is 6.03 Å². The number of nitrogens with two attached hydrogens (primary N) is 1. The summed E-state index contributed by atoms with van der Waals surface area (Å²) in [6, 6.07) is 6.23. The first-order valence-corrected chi connectivity index (χ1v) is 6.69. The van der Waals surface area contributed by atoms with Gasteiger partial charge in [0.2, 0.25) is 5.91 Å². The van der Waals surface area contributed by atoms with Crippen molar-refractivity contribution >= 4 is 23.3 Å². The van der Waals surface area contributed by atoms with Crippen LogP contribution in [0.5, 0.6) is 0 Å². The fourth-order valence-corrected chi connectivity index (χ4v) is 2.03. The van der Waals surface area contributed by atoms with E-state index in [2.05, 4.69) is 16.0 Å². The van der Waals surface area contributed by atoms with Gasteiger partial charge < -0.3 is 26.4 Å². The topological polar surface area (TPSA) is 105 Å². The van der Waals surface area contributed by atoms with Crippen LogP contribution in [0.15, 0.2) is 24.3 Å². The van der Waals surface area contributed by atoms with Crippen molar-refractivity contribution in [1.82, 2.24) is 5.32 Å². The molecule has 1 aromatic rings. The molecule has 1 fully saturated rings. The summed E-state index contributed by atoms with van der Waals surface area (Å²) in [5.41, 5.74) is 6.48. The van der Waals surface area contributed by atoms with Crippen LogP contribution < -0.4 is 21.7 Å². The molecule has 0 aliphatic carbocycles. The van der Waals surface area contributed by atoms with E-state index < -0.39 is 5.41 Å². The lowest BCUT2D eigenvalue weighted by Crippen LogP contribution is -2.47. The summed E-state index contributed by atoms with van der Waals surface area (Å²) in [5.74, 6) is -0.167. The Morgan fingerprint density at radius 1 is 1.24 bits per heavy atom. The summed E-state index contributed by atoms with van der Waals surface area (Å²) in [6.07, 6.45) is 0. The fourth-order valence-electron chi connectivity index (χ4n) is 2.03. The summed E-state index contributed by atoms with van der Waals surface area (Å²) in [5, 5.41) is 7.92. The van der Waals surface area contributed by atoms with Gasteiger partial charge in [-0.1, -0.05) is 0 Å². The zero-order valence-corrected chi connectivity index (χ0v) is 12.1. The van der Waals surface area contributed by atoms with Crippen LogP contribution in [0.3, 0.4) is 0 Å². The number of anilines is 2. The van der Waals surface area contributed by atoms with Gasteiger partial charge in [-0.05, 0) is 31.2 Å². The molecule has 21 heavy (non-hydrogen) atoms. The summed E-state index contributed by atoms with van der Waals surface area (Å²) < 4.78 is 5.27. The molecule has 114 valence electrons. The lowest BCUT2D eigenvalue weighted by molar-refractivity contribution is -0.125. The van der Waals surface area contributed by atoms with E-state index in [-0.39, 0.29) is 18.0 Å². The van der Waals surface area contributed by atoms with Gasteiger partial charge in [-0.3, -0.25) is 4.79 Å². The Kier molecular flexibility index (Phi) is 4.44. The second-order valence-electron chi connectivity index (χ2n) is 5.27. The van der Waals surface area contributed by atoms with Gasteiger partial charge in [-0.15, -0.1) is 0 Å². The Morgan fingerprint density at radius 3 is 2.29 bits per heavy atom. The minimum absolute atomic E-state index is 0.167. The van der Waals surface area contributed by atoms with Crippen LogP contribution in [0.1, 0.15) is 6.92 Å². The van der Waals surface area contributed by atoms with Gasteiger partial charge in [-0.25, -0.2) is 4.79 Å². The molecule has 3 amide bonds. The smallest absolute Gasteiger partial charge is 0.318 e. The Hall–Kier alpha value is -2.12. The molecule has 1 aliphatic rings. The first kappa shape index (κ1) is 15.3. The van der Waals surface area contributed by atoms with Crippen LogP contribution in [0.4, 0.5) is 16.2 Å². The van der Waals surface area contributed by atoms with Crippen molar-refractivity contribution in [2.45, 2.75) is 13.0 Å². The Balaban J connectivity index is 2.00. The molecule has 5 N–H and O–H groups in total. The van der Waals surface area contributed by atoms with Crippen LogP contribution in [0, 0.1) is 5.41 Å². The number of carbonyl (C=O) groups is 2. The van der Waals surface area contributed by atoms with Gasteiger partial charge in [0.05, 0.1) is 18.6 Å². The van der Waals surface area contributed by atoms with Crippen LogP contribution in [-0.4, -0.2) is 38.2 Å². The summed E-state index contributed by atoms with van der Waals surface area (Å²) >= 11 is 0. The van der Waals surface area contributed by atoms with E-state index in [9.17, 15) is 9.59 Å². The van der Waals surface area contributed by atoms with E-state index in [0.29, 0.717) is 24.6 Å². The van der Waals surface area contributed by atoms with Gasteiger partial charge in [0.25, 0.3) is 0 Å². The summed E-state index contributed by atoms with van der Waals surface area (Å²) in [7, 11) is 1.54. The maximum atomic E-state index is 12.3. The van der Waals surface area contributed by atoms with Gasteiger partial charge in [-0.2, -0.15) is 0 Å². The zero-order valence-electron chi connectivity index (χ0n) is 12.1. The molecule has 0 radical (unpaired) electrons. The van der Waals surface area contributed by atoms with Crippen LogP contribution in [0.25, 0.3) is 0 Å². The number of hydrogen-bond donors (Lipinski definition) is 4. The maximum absolute atomic E-state index is 12.3. The number of nitrogens with one attached hydrogen (secondary N) is 3. The molecule has 0 aromatic heterocycles. The molecule has 2 unspecified atom stereocenters. The highest BCUT2D eigenvalue weighted by Gasteiger charge is 2.44. The SMILES string of the molecule is CNC(=O)Nc1ccc(NC(=O)C2(C)COCC2N)cc1. The molecular weight excluding hydrogens is 272 g/mol. The van der Waals surface area contributed by atoms with E-state index in [1.54, 1.807) is 31.2 Å². The largest absolute Gasteiger partial charge is 0.379 e. The van der Waals surface area contributed by atoms with E-state index in [4.69, 9.17) is 10.5 Å². The highest BCUT2D eigenvalue weighted by molar-refractivity contribution is 5.96. The molecular formula is C14H20N4O3. The molecule has 0 bridgehead atoms. The average Bonchev–Trinajstić information content (AvgIpc) is 2.82. The van der Waals surface area contributed by atoms with E-state index in [1.165, 1.54) is 7.05 Å². The number of ether oxygens (including phenoxy) is 1. The monoisotopic (exact) mass is 292 g/mol. The first-order chi connectivity index (χ1) is 9.95. The number of urea groups is 1. The number of rotatable bonds is 3. The van der Waals surface area contributed by atoms with Crippen molar-refractivity contribution in [1.29, 1.82) is 0 Å². The standard InChI is InChI=1S/C14H20N4O3/c1-14(8-21-7-11(14)15)12(19)17-9-3-5-10(6-4-9)18-13(20)16-2/h3-6,11H,7-8,15H2,1-2H3,(H,17,19)(H2,16,18,20). The van der Waals surface area contributed by atoms with Crippen molar-refractivity contribution in [2.75, 3.05) is 30.9 Å². The molecule has 0 spiro atoms. The molecule has 2 rings (SSSR count). The molecule has 7 heteroatoms. The zero-order chi connectivity index (χ0) is 15.5. The molecule has 0 saturated carbocycles. The highest BCUT2D eigenvalue weighted by Crippen LogP contribution is 2.28. The predicted molar refractivity (Wildman–Crippen MR) is 80.1 cm³/mol. The third kappa shape index (κ3) is 3.32. The summed E-state index contributed by atoms with van der Waals surface area (Å²) in [6.45, 7) is 2.50. The molecule has 7 nitrogen and oxygen atoms in total. The van der Waals surface area contributed by atoms with E-state index in [1.807, 2.05) is 0 Å². The van der Waals surface area contributed by atoms with Crippen molar-refractivity contribution < 1.29 is 14.3 Å². The second kappa shape index (κ2) is 6.11. The van der Waals surface area contributed by atoms with Gasteiger partial charge in [0.1, 0.15) is 0 Å². The number of benzene rings is 1. The van der Waals surface area contributed by atoms with Crippen LogP contribution in [-0.2, 0) is 9.53 Å². The van der Waals surface area contributed by atoms with E-state index in [0.717, 1.165) is 0 Å². The third-order valence-corrected chi connectivity index (χ3v) is 3.66. The van der Waals surface area contributed by atoms with Gasteiger partial charge in [0.15, 0.2) is 0 Å². The van der Waals surface area contributed by atoms with Crippen molar-refractivity contribution in [3.63, 3.8) is 0 Å². The Labute approximate surface area is 123 Å². The summed E-state index contributed by atoms with van der Waals surface area (Å²) in [4.78, 5) is 23.5. The number of carbonyl (C=O) groups excluding carboxylic acids is 2. The molecule has 1 saturated heterocycles. The lowest BCUT2D eigenvalue weighted by Gasteiger charge is -2.25. The second-order valence-corrected chi connectivity index (χ2v) is 5.27. The molecule has 1 aliphatic heterocycles. The first-order valence-electron chi connectivity index (χ1n) is 6.69. The number of hydrogen-bond acceptors (Lipinski definition) is 4. The third-order valence-electron chi connectivity index (χ3n) is 3.66. The highest BCUT2D eigenvalue weighted by atomic mass is 16.5. The Morgan fingerprint density at radius 2 is 1.81 bits per heavy atom. The van der Waals surface area contributed by atoms with Crippen molar-refractivity contribution in [3.05, 3.63) is 24.3 Å². The normalized spacial score (nSPS) is 24.4. The van der Waals surface area contributed by atoms with Crippen molar-refractivity contribution in [3.8, 4) is 0 Å². The average molecular weight is 292 g/mol. The van der Waals surface area contributed by atoms with Crippen LogP contribution in [0.2, 0.25) is 0 Å². The predicted octanol–water partition coefficient (Wildman–Crippen LogP) is 0.740. The Bertz CT molecular complexity index is 532. The molecule has 2 atom stereocenters. The van der Waals surface area contributed by atoms with Crippen molar-refractivity contribution in [2.24, 2.45) is 11.1 Å². The van der Waals surface area contributed by atoms with E-state index >= 15 is 0 Å². The van der Waals surface area contributed by atoms with Gasteiger partial charge in [0, 0.05) is 24.5 Å². The minimum Gasteiger partial charge on any atom is -0.379 e. The van der Waals surface area contributed by atoms with Crippen LogP contribution >= 0.6 is 0 Å².